The van der Waals surface area contributed by atoms with E-state index < -0.39 is 17.8 Å². The second-order valence-electron chi connectivity index (χ2n) is 6.19. The van der Waals surface area contributed by atoms with Gasteiger partial charge >= 0.3 is 5.97 Å². The number of carbonyl (C=O) groups is 2. The minimum atomic E-state index is -0.875. The fourth-order valence-corrected chi connectivity index (χ4v) is 3.08. The average molecular weight is 412 g/mol. The van der Waals surface area contributed by atoms with Crippen LogP contribution in [0.4, 0.5) is 5.82 Å². The Balaban J connectivity index is 1.61. The molecule has 0 saturated heterocycles. The largest absolute Gasteiger partial charge is 0.348 e. The van der Waals surface area contributed by atoms with E-state index in [1.165, 1.54) is 0 Å². The normalized spacial score (nSPS) is 15.7. The van der Waals surface area contributed by atoms with Gasteiger partial charge in [0.05, 0.1) is 0 Å². The van der Waals surface area contributed by atoms with Gasteiger partial charge in [0.25, 0.3) is 5.91 Å². The van der Waals surface area contributed by atoms with E-state index in [9.17, 15) is 9.59 Å². The Morgan fingerprint density at radius 1 is 1.17 bits per heavy atom. The van der Waals surface area contributed by atoms with Crippen LogP contribution >= 0.6 is 11.6 Å². The maximum absolute atomic E-state index is 12.5. The van der Waals surface area contributed by atoms with Crippen LogP contribution in [0.15, 0.2) is 58.3 Å². The van der Waals surface area contributed by atoms with Crippen LogP contribution in [0.3, 0.4) is 0 Å². The number of oxime groups is 1. The van der Waals surface area contributed by atoms with Crippen LogP contribution < -0.4 is 11.1 Å². The Labute approximate surface area is 169 Å². The van der Waals surface area contributed by atoms with Gasteiger partial charge in [-0.1, -0.05) is 41.0 Å². The molecule has 1 atom stereocenters. The van der Waals surface area contributed by atoms with Gasteiger partial charge < -0.3 is 15.9 Å². The van der Waals surface area contributed by atoms with Crippen molar-refractivity contribution in [2.75, 3.05) is 5.32 Å². The molecule has 1 aliphatic rings. The first-order valence-corrected chi connectivity index (χ1v) is 8.92. The molecule has 3 N–H and O–H groups in total. The molecule has 9 nitrogen and oxygen atoms in total. The summed E-state index contributed by atoms with van der Waals surface area (Å²) in [5.74, 6) is -1.89. The van der Waals surface area contributed by atoms with Gasteiger partial charge in [0.2, 0.25) is 5.82 Å². The van der Waals surface area contributed by atoms with Crippen LogP contribution in [0, 0.1) is 0 Å². The monoisotopic (exact) mass is 411 g/mol. The first-order chi connectivity index (χ1) is 14.1. The van der Waals surface area contributed by atoms with Crippen LogP contribution in [0.1, 0.15) is 33.1 Å². The number of hydrogen-bond acceptors (Lipinski definition) is 8. The second kappa shape index (κ2) is 7.82. The minimum Gasteiger partial charge on any atom is -0.326 e. The molecule has 1 aromatic heterocycles. The van der Waals surface area contributed by atoms with Gasteiger partial charge in [-0.2, -0.15) is 0 Å². The van der Waals surface area contributed by atoms with Crippen molar-refractivity contribution in [2.45, 2.75) is 12.5 Å². The third-order valence-electron chi connectivity index (χ3n) is 4.34. The maximum atomic E-state index is 12.5. The number of nitrogens with one attached hydrogen (secondary N) is 1. The fourth-order valence-electron chi connectivity index (χ4n) is 2.88. The summed E-state index contributed by atoms with van der Waals surface area (Å²) in [6, 6.07) is 13.5. The van der Waals surface area contributed by atoms with Crippen molar-refractivity contribution in [3.05, 3.63) is 75.9 Å². The summed E-state index contributed by atoms with van der Waals surface area (Å²) in [4.78, 5) is 29.6. The molecule has 0 bridgehead atoms. The van der Waals surface area contributed by atoms with E-state index in [-0.39, 0.29) is 17.2 Å². The number of halogens is 1. The molecule has 146 valence electrons. The second-order valence-corrected chi connectivity index (χ2v) is 6.63. The van der Waals surface area contributed by atoms with Crippen molar-refractivity contribution >= 4 is 35.0 Å². The molecule has 4 rings (SSSR count). The Morgan fingerprint density at radius 3 is 2.69 bits per heavy atom. The minimum absolute atomic E-state index is 0.0157. The quantitative estimate of drug-likeness (QED) is 0.616. The SMILES string of the molecule is NCc1ccc(C(=O)Nc2nonc2C2=NOC(=O)C2c2cccc(Cl)c2)cc1. The van der Waals surface area contributed by atoms with Gasteiger partial charge in [-0.25, -0.2) is 9.42 Å². The summed E-state index contributed by atoms with van der Waals surface area (Å²) < 4.78 is 4.77. The highest BCUT2D eigenvalue weighted by atomic mass is 35.5. The first kappa shape index (κ1) is 18.8. The molecule has 1 amide bonds. The van der Waals surface area contributed by atoms with E-state index in [1.54, 1.807) is 48.5 Å². The van der Waals surface area contributed by atoms with Crippen molar-refractivity contribution in [2.24, 2.45) is 10.9 Å². The molecule has 0 radical (unpaired) electrons. The highest BCUT2D eigenvalue weighted by Gasteiger charge is 2.39. The zero-order valence-corrected chi connectivity index (χ0v) is 15.6. The first-order valence-electron chi connectivity index (χ1n) is 8.54. The van der Waals surface area contributed by atoms with Gasteiger partial charge in [0.15, 0.2) is 5.69 Å². The molecule has 0 fully saturated rings. The van der Waals surface area contributed by atoms with E-state index >= 15 is 0 Å². The molecule has 0 saturated carbocycles. The Morgan fingerprint density at radius 2 is 1.97 bits per heavy atom. The van der Waals surface area contributed by atoms with E-state index in [0.717, 1.165) is 5.56 Å². The molecule has 3 aromatic rings. The molecular weight excluding hydrogens is 398 g/mol. The Kier molecular flexibility index (Phi) is 5.07. The van der Waals surface area contributed by atoms with Gasteiger partial charge in [-0.15, -0.1) is 0 Å². The van der Waals surface area contributed by atoms with Gasteiger partial charge in [-0.3, -0.25) is 4.79 Å². The van der Waals surface area contributed by atoms with Gasteiger partial charge in [0, 0.05) is 17.1 Å². The highest BCUT2D eigenvalue weighted by Crippen LogP contribution is 2.31. The third kappa shape index (κ3) is 3.73. The van der Waals surface area contributed by atoms with Crippen molar-refractivity contribution in [1.29, 1.82) is 0 Å². The van der Waals surface area contributed by atoms with Crippen molar-refractivity contribution < 1.29 is 19.1 Å². The van der Waals surface area contributed by atoms with Crippen LogP contribution in [-0.4, -0.2) is 27.9 Å². The van der Waals surface area contributed by atoms with Crippen LogP contribution in [0.5, 0.6) is 0 Å². The zero-order chi connectivity index (χ0) is 20.4. The number of nitrogens with two attached hydrogens (primary N) is 1. The molecule has 1 unspecified atom stereocenters. The third-order valence-corrected chi connectivity index (χ3v) is 4.58. The number of hydrogen-bond donors (Lipinski definition) is 2. The van der Waals surface area contributed by atoms with Crippen LogP contribution in [0.25, 0.3) is 0 Å². The van der Waals surface area contributed by atoms with E-state index in [1.807, 2.05) is 0 Å². The average Bonchev–Trinajstić information content (AvgIpc) is 3.34. The predicted octanol–water partition coefficient (Wildman–Crippen LogP) is 2.48. The van der Waals surface area contributed by atoms with E-state index in [0.29, 0.717) is 22.7 Å². The number of aromatic nitrogens is 2. The smallest absolute Gasteiger partial charge is 0.326 e. The molecule has 10 heteroatoms. The number of amides is 1. The van der Waals surface area contributed by atoms with Crippen LogP contribution in [-0.2, 0) is 16.2 Å². The Hall–Kier alpha value is -3.56. The number of nitrogens with zero attached hydrogens (tertiary/aromatic N) is 3. The van der Waals surface area contributed by atoms with Gasteiger partial charge in [-0.05, 0) is 45.7 Å². The number of carbonyl (C=O) groups excluding carboxylic acids is 2. The summed E-state index contributed by atoms with van der Waals surface area (Å²) in [7, 11) is 0. The van der Waals surface area contributed by atoms with E-state index in [2.05, 4.69) is 20.8 Å². The van der Waals surface area contributed by atoms with Crippen molar-refractivity contribution in [3.8, 4) is 0 Å². The summed E-state index contributed by atoms with van der Waals surface area (Å²) in [5, 5.41) is 14.4. The molecule has 0 aliphatic carbocycles. The van der Waals surface area contributed by atoms with Gasteiger partial charge in [0.1, 0.15) is 11.6 Å². The molecule has 2 heterocycles. The van der Waals surface area contributed by atoms with Crippen LogP contribution in [0.2, 0.25) is 5.02 Å². The van der Waals surface area contributed by atoms with E-state index in [4.69, 9.17) is 26.8 Å². The summed E-state index contributed by atoms with van der Waals surface area (Å²) in [6.07, 6.45) is 0. The maximum Gasteiger partial charge on any atom is 0.348 e. The molecule has 0 spiro atoms. The number of anilines is 1. The Bertz CT molecular complexity index is 1110. The topological polar surface area (TPSA) is 133 Å². The lowest BCUT2D eigenvalue weighted by molar-refractivity contribution is -0.141. The highest BCUT2D eigenvalue weighted by molar-refractivity contribution is 6.30. The predicted molar refractivity (Wildman–Crippen MR) is 103 cm³/mol. The standard InChI is InChI=1S/C19H14ClN5O4/c20-13-3-1-2-12(8-13)14-15(23-28-19(14)27)16-17(25-29-24-16)22-18(26)11-6-4-10(9-21)5-7-11/h1-8,14H,9,21H2,(H,22,25,26). The lowest BCUT2D eigenvalue weighted by Gasteiger charge is -2.09. The lowest BCUT2D eigenvalue weighted by Crippen LogP contribution is -2.20. The zero-order valence-electron chi connectivity index (χ0n) is 14.8. The summed E-state index contributed by atoms with van der Waals surface area (Å²) in [5.41, 5.74) is 7.67. The number of benzene rings is 2. The summed E-state index contributed by atoms with van der Waals surface area (Å²) in [6.45, 7) is 0.373. The lowest BCUT2D eigenvalue weighted by atomic mass is 9.93. The molecule has 29 heavy (non-hydrogen) atoms. The van der Waals surface area contributed by atoms with Crippen molar-refractivity contribution in [1.82, 2.24) is 10.3 Å². The number of rotatable bonds is 5. The molecular formula is C19H14ClN5O4. The summed E-state index contributed by atoms with van der Waals surface area (Å²) >= 11 is 6.03. The molecule has 1 aliphatic heterocycles. The molecule has 2 aromatic carbocycles. The van der Waals surface area contributed by atoms with Crippen molar-refractivity contribution in [3.63, 3.8) is 0 Å². The fraction of sp³-hybridized carbons (Fsp3) is 0.105.